The zero-order valence-corrected chi connectivity index (χ0v) is 11.5. The molecule has 0 saturated carbocycles. The summed E-state index contributed by atoms with van der Waals surface area (Å²) in [4.78, 5) is 13.9. The quantitative estimate of drug-likeness (QED) is 0.649. The summed E-state index contributed by atoms with van der Waals surface area (Å²) >= 11 is 0. The Morgan fingerprint density at radius 3 is 2.95 bits per heavy atom. The minimum Gasteiger partial charge on any atom is -0.367 e. The third-order valence-electron chi connectivity index (χ3n) is 4.22. The predicted octanol–water partition coefficient (Wildman–Crippen LogP) is 2.21. The molecule has 2 unspecified atom stereocenters. The molecule has 0 fully saturated rings. The predicted molar refractivity (Wildman–Crippen MR) is 75.6 cm³/mol. The molecule has 1 aliphatic rings. The van der Waals surface area contributed by atoms with E-state index >= 15 is 0 Å². The topological polar surface area (TPSA) is 94.2 Å². The number of H-pyrrole nitrogens is 1. The molecule has 0 radical (unpaired) electrons. The average Bonchev–Trinajstić information content (AvgIpc) is 2.78. The van der Waals surface area contributed by atoms with E-state index in [0.29, 0.717) is 6.61 Å². The Balaban J connectivity index is 2.25. The van der Waals surface area contributed by atoms with Crippen molar-refractivity contribution >= 4 is 16.6 Å². The van der Waals surface area contributed by atoms with Gasteiger partial charge in [0.1, 0.15) is 5.60 Å². The molecule has 1 aliphatic heterocycles. The van der Waals surface area contributed by atoms with Crippen molar-refractivity contribution in [3.8, 4) is 0 Å². The van der Waals surface area contributed by atoms with Crippen LogP contribution in [0, 0.1) is 10.1 Å². The third kappa shape index (κ3) is 1.72. The lowest BCUT2D eigenvalue weighted by Gasteiger charge is -2.37. The van der Waals surface area contributed by atoms with E-state index in [-0.39, 0.29) is 16.7 Å². The highest BCUT2D eigenvalue weighted by molar-refractivity contribution is 5.87. The average molecular weight is 275 g/mol. The van der Waals surface area contributed by atoms with Crippen molar-refractivity contribution in [3.63, 3.8) is 0 Å². The van der Waals surface area contributed by atoms with E-state index in [1.54, 1.807) is 12.1 Å². The first-order chi connectivity index (χ1) is 9.43. The first-order valence-electron chi connectivity index (χ1n) is 6.62. The Labute approximate surface area is 116 Å². The molecule has 6 heteroatoms. The Hall–Kier alpha value is -1.92. The molecule has 1 aromatic carbocycles. The fourth-order valence-electron chi connectivity index (χ4n) is 2.83. The van der Waals surface area contributed by atoms with Gasteiger partial charge in [0.2, 0.25) is 0 Å². The van der Waals surface area contributed by atoms with Crippen LogP contribution >= 0.6 is 0 Å². The molecule has 2 heterocycles. The number of fused-ring (bicyclic) bond motifs is 3. The van der Waals surface area contributed by atoms with E-state index in [1.807, 2.05) is 13.8 Å². The fraction of sp³-hybridized carbons (Fsp3) is 0.429. The number of nitrogens with two attached hydrogens (primary N) is 1. The summed E-state index contributed by atoms with van der Waals surface area (Å²) in [6.45, 7) is 4.43. The lowest BCUT2D eigenvalue weighted by Crippen LogP contribution is -2.46. The molecule has 0 spiro atoms. The van der Waals surface area contributed by atoms with Crippen LogP contribution in [0.4, 0.5) is 5.69 Å². The number of hydrogen-bond donors (Lipinski definition) is 2. The summed E-state index contributed by atoms with van der Waals surface area (Å²) in [5, 5.41) is 11.8. The lowest BCUT2D eigenvalue weighted by molar-refractivity contribution is -0.384. The molecule has 3 N–H and O–H groups in total. The highest BCUT2D eigenvalue weighted by atomic mass is 16.6. The second-order valence-electron chi connectivity index (χ2n) is 5.46. The molecular weight excluding hydrogens is 258 g/mol. The van der Waals surface area contributed by atoms with Gasteiger partial charge in [0.25, 0.3) is 5.69 Å². The van der Waals surface area contributed by atoms with Gasteiger partial charge in [-0.3, -0.25) is 10.1 Å². The minimum atomic E-state index is -0.582. The van der Waals surface area contributed by atoms with Crippen LogP contribution in [0.1, 0.15) is 25.1 Å². The number of rotatable bonds is 2. The van der Waals surface area contributed by atoms with Crippen LogP contribution in [0.25, 0.3) is 10.9 Å². The molecule has 0 amide bonds. The first kappa shape index (κ1) is 13.1. The number of nitro groups is 1. The van der Waals surface area contributed by atoms with Gasteiger partial charge in [-0.05, 0) is 31.9 Å². The minimum absolute atomic E-state index is 0.105. The normalized spacial score (nSPS) is 23.6. The zero-order valence-electron chi connectivity index (χ0n) is 11.5. The summed E-state index contributed by atoms with van der Waals surface area (Å²) in [6.07, 6.45) is 0.735. The molecule has 6 nitrogen and oxygen atoms in total. The van der Waals surface area contributed by atoms with E-state index in [9.17, 15) is 10.1 Å². The highest BCUT2D eigenvalue weighted by Crippen LogP contribution is 2.39. The van der Waals surface area contributed by atoms with Crippen molar-refractivity contribution in [1.29, 1.82) is 0 Å². The van der Waals surface area contributed by atoms with E-state index in [2.05, 4.69) is 4.98 Å². The maximum absolute atomic E-state index is 10.9. The monoisotopic (exact) mass is 275 g/mol. The van der Waals surface area contributed by atoms with Crippen molar-refractivity contribution < 1.29 is 9.66 Å². The van der Waals surface area contributed by atoms with Crippen LogP contribution in [0.5, 0.6) is 0 Å². The molecular formula is C14H17N3O3. The Morgan fingerprint density at radius 1 is 1.55 bits per heavy atom. The first-order valence-corrected chi connectivity index (χ1v) is 6.62. The number of hydrogen-bond acceptors (Lipinski definition) is 4. The zero-order chi connectivity index (χ0) is 14.5. The van der Waals surface area contributed by atoms with Gasteiger partial charge in [-0.25, -0.2) is 0 Å². The number of nitrogens with one attached hydrogen (secondary N) is 1. The summed E-state index contributed by atoms with van der Waals surface area (Å²) in [5.74, 6) is 0. The molecule has 1 aromatic heterocycles. The maximum atomic E-state index is 10.9. The van der Waals surface area contributed by atoms with Crippen LogP contribution < -0.4 is 5.73 Å². The maximum Gasteiger partial charge on any atom is 0.270 e. The second kappa shape index (κ2) is 4.29. The lowest BCUT2D eigenvalue weighted by atomic mass is 9.88. The number of aromatic nitrogens is 1. The van der Waals surface area contributed by atoms with Gasteiger partial charge in [-0.15, -0.1) is 0 Å². The van der Waals surface area contributed by atoms with E-state index in [4.69, 9.17) is 10.5 Å². The molecule has 2 aromatic rings. The van der Waals surface area contributed by atoms with Gasteiger partial charge >= 0.3 is 0 Å². The van der Waals surface area contributed by atoms with Crippen LogP contribution in [-0.4, -0.2) is 22.6 Å². The molecule has 3 rings (SSSR count). The standard InChI is InChI=1S/C14H17N3O3/c1-8(15)14(2)13-10(5-6-20-14)11-7-9(17(18)19)3-4-12(11)16-13/h3-4,7-8,16H,5-6,15H2,1-2H3. The number of benzene rings is 1. The summed E-state index contributed by atoms with van der Waals surface area (Å²) in [7, 11) is 0. The number of non-ortho nitro benzene ring substituents is 1. The van der Waals surface area contributed by atoms with Gasteiger partial charge in [0, 0.05) is 29.1 Å². The van der Waals surface area contributed by atoms with Crippen molar-refractivity contribution in [2.24, 2.45) is 5.73 Å². The van der Waals surface area contributed by atoms with E-state index < -0.39 is 5.60 Å². The van der Waals surface area contributed by atoms with Crippen molar-refractivity contribution in [1.82, 2.24) is 4.98 Å². The largest absolute Gasteiger partial charge is 0.367 e. The Bertz CT molecular complexity index is 692. The Morgan fingerprint density at radius 2 is 2.30 bits per heavy atom. The van der Waals surface area contributed by atoms with Crippen molar-refractivity contribution in [2.75, 3.05) is 6.61 Å². The van der Waals surface area contributed by atoms with E-state index in [1.165, 1.54) is 6.07 Å². The van der Waals surface area contributed by atoms with Gasteiger partial charge in [0.15, 0.2) is 0 Å². The van der Waals surface area contributed by atoms with Crippen LogP contribution in [0.3, 0.4) is 0 Å². The smallest absolute Gasteiger partial charge is 0.270 e. The SMILES string of the molecule is CC(N)C1(C)OCCc2c1[nH]c1ccc([N+](=O)[O-])cc21. The van der Waals surface area contributed by atoms with Crippen LogP contribution in [0.15, 0.2) is 18.2 Å². The van der Waals surface area contributed by atoms with Gasteiger partial charge in [-0.1, -0.05) is 0 Å². The highest BCUT2D eigenvalue weighted by Gasteiger charge is 2.39. The fourth-order valence-corrected chi connectivity index (χ4v) is 2.83. The summed E-state index contributed by atoms with van der Waals surface area (Å²) in [6, 6.07) is 4.70. The summed E-state index contributed by atoms with van der Waals surface area (Å²) in [5.41, 5.74) is 8.49. The van der Waals surface area contributed by atoms with Gasteiger partial charge in [-0.2, -0.15) is 0 Å². The third-order valence-corrected chi connectivity index (χ3v) is 4.22. The molecule has 0 saturated heterocycles. The number of nitrogens with zero attached hydrogens (tertiary/aromatic N) is 1. The number of ether oxygens (including phenoxy) is 1. The van der Waals surface area contributed by atoms with Crippen LogP contribution in [-0.2, 0) is 16.8 Å². The Kier molecular flexibility index (Phi) is 2.81. The second-order valence-corrected chi connectivity index (χ2v) is 5.46. The van der Waals surface area contributed by atoms with Gasteiger partial charge < -0.3 is 15.5 Å². The molecule has 106 valence electrons. The van der Waals surface area contributed by atoms with Crippen LogP contribution in [0.2, 0.25) is 0 Å². The number of aromatic amines is 1. The molecule has 0 bridgehead atoms. The molecule has 20 heavy (non-hydrogen) atoms. The number of nitro benzene ring substituents is 1. The van der Waals surface area contributed by atoms with E-state index in [0.717, 1.165) is 28.6 Å². The molecule has 2 atom stereocenters. The summed E-state index contributed by atoms with van der Waals surface area (Å²) < 4.78 is 5.87. The van der Waals surface area contributed by atoms with Crippen molar-refractivity contribution in [2.45, 2.75) is 31.9 Å². The van der Waals surface area contributed by atoms with Gasteiger partial charge in [0.05, 0.1) is 17.2 Å². The van der Waals surface area contributed by atoms with Crippen molar-refractivity contribution in [3.05, 3.63) is 39.6 Å². The molecule has 0 aliphatic carbocycles.